The Hall–Kier alpha value is -1.29. The molecule has 0 bridgehead atoms. The average molecular weight is 250 g/mol. The zero-order chi connectivity index (χ0) is 13.3. The summed E-state index contributed by atoms with van der Waals surface area (Å²) in [4.78, 5) is 14.6. The lowest BCUT2D eigenvalue weighted by atomic mass is 9.90. The molecule has 1 heterocycles. The van der Waals surface area contributed by atoms with Gasteiger partial charge in [0.25, 0.3) is 5.91 Å². The zero-order valence-corrected chi connectivity index (χ0v) is 11.5. The van der Waals surface area contributed by atoms with Gasteiger partial charge in [0.15, 0.2) is 0 Å². The number of aryl methyl sites for hydroxylation is 2. The first-order chi connectivity index (χ1) is 8.56. The van der Waals surface area contributed by atoms with Gasteiger partial charge in [-0.15, -0.1) is 0 Å². The Kier molecular flexibility index (Phi) is 3.76. The fourth-order valence-corrected chi connectivity index (χ4v) is 2.54. The molecule has 1 saturated carbocycles. The molecular weight excluding hydrogens is 228 g/mol. The minimum atomic E-state index is 0.0806. The molecule has 1 aromatic heterocycles. The van der Waals surface area contributed by atoms with Crippen LogP contribution in [0.3, 0.4) is 0 Å². The fraction of sp³-hybridized carbons (Fsp3) is 0.643. The van der Waals surface area contributed by atoms with Gasteiger partial charge in [-0.05, 0) is 40.0 Å². The number of furan rings is 1. The van der Waals surface area contributed by atoms with E-state index < -0.39 is 0 Å². The maximum absolute atomic E-state index is 12.6. The Bertz CT molecular complexity index is 447. The molecule has 18 heavy (non-hydrogen) atoms. The van der Waals surface area contributed by atoms with Crippen molar-refractivity contribution in [2.75, 3.05) is 13.1 Å². The van der Waals surface area contributed by atoms with Crippen molar-refractivity contribution in [2.24, 2.45) is 5.73 Å². The van der Waals surface area contributed by atoms with Gasteiger partial charge in [0, 0.05) is 24.7 Å². The molecule has 1 aromatic rings. The highest BCUT2D eigenvalue weighted by molar-refractivity contribution is 5.97. The third kappa shape index (κ3) is 2.17. The Morgan fingerprint density at radius 1 is 1.33 bits per heavy atom. The molecule has 100 valence electrons. The topological polar surface area (TPSA) is 59.5 Å². The molecule has 0 aromatic carbocycles. The first-order valence-corrected chi connectivity index (χ1v) is 6.64. The van der Waals surface area contributed by atoms with Crippen molar-refractivity contribution < 1.29 is 9.21 Å². The summed E-state index contributed by atoms with van der Waals surface area (Å²) in [5.74, 6) is 1.63. The molecule has 0 aliphatic heterocycles. The summed E-state index contributed by atoms with van der Waals surface area (Å²) in [5, 5.41) is 0. The number of nitrogens with zero attached hydrogens (tertiary/aromatic N) is 1. The second-order valence-corrected chi connectivity index (χ2v) is 5.09. The number of hydrogen-bond donors (Lipinski definition) is 1. The molecule has 4 nitrogen and oxygen atoms in total. The number of nitrogens with two attached hydrogens (primary N) is 1. The fourth-order valence-electron chi connectivity index (χ4n) is 2.54. The molecule has 2 N–H and O–H groups in total. The van der Waals surface area contributed by atoms with Gasteiger partial charge < -0.3 is 15.1 Å². The van der Waals surface area contributed by atoms with Crippen LogP contribution in [0.25, 0.3) is 0 Å². The monoisotopic (exact) mass is 250 g/mol. The number of amides is 1. The maximum Gasteiger partial charge on any atom is 0.257 e. The van der Waals surface area contributed by atoms with E-state index >= 15 is 0 Å². The Balaban J connectivity index is 2.26. The summed E-state index contributed by atoms with van der Waals surface area (Å²) in [5.41, 5.74) is 7.31. The second-order valence-electron chi connectivity index (χ2n) is 5.09. The summed E-state index contributed by atoms with van der Waals surface area (Å²) in [6, 6.07) is 0.370. The number of carbonyl (C=O) groups is 1. The molecule has 1 aliphatic rings. The van der Waals surface area contributed by atoms with Gasteiger partial charge in [0.2, 0.25) is 0 Å². The first kappa shape index (κ1) is 13.1. The van der Waals surface area contributed by atoms with Gasteiger partial charge in [0.05, 0.1) is 5.56 Å². The van der Waals surface area contributed by atoms with Crippen LogP contribution in [0.1, 0.15) is 46.7 Å². The van der Waals surface area contributed by atoms with Crippen LogP contribution in [0.2, 0.25) is 0 Å². The smallest absolute Gasteiger partial charge is 0.257 e. The normalized spacial score (nSPS) is 15.6. The lowest BCUT2D eigenvalue weighted by Crippen LogP contribution is -2.46. The molecule has 1 aliphatic carbocycles. The van der Waals surface area contributed by atoms with Crippen LogP contribution < -0.4 is 5.73 Å². The molecule has 0 unspecified atom stereocenters. The van der Waals surface area contributed by atoms with Crippen LogP contribution in [0.5, 0.6) is 0 Å². The molecule has 4 heteroatoms. The predicted octanol–water partition coefficient (Wildman–Crippen LogP) is 2.16. The van der Waals surface area contributed by atoms with Crippen LogP contribution in [0.4, 0.5) is 0 Å². The van der Waals surface area contributed by atoms with E-state index in [1.807, 2.05) is 25.7 Å². The second kappa shape index (κ2) is 5.14. The van der Waals surface area contributed by atoms with Crippen LogP contribution in [-0.2, 0) is 0 Å². The van der Waals surface area contributed by atoms with Gasteiger partial charge in [-0.1, -0.05) is 0 Å². The summed E-state index contributed by atoms with van der Waals surface area (Å²) in [6.45, 7) is 6.84. The van der Waals surface area contributed by atoms with Gasteiger partial charge in [-0.2, -0.15) is 0 Å². The van der Waals surface area contributed by atoms with E-state index in [2.05, 4.69) is 0 Å². The van der Waals surface area contributed by atoms with E-state index in [0.29, 0.717) is 19.1 Å². The molecule has 2 rings (SSSR count). The van der Waals surface area contributed by atoms with Crippen molar-refractivity contribution >= 4 is 5.91 Å². The van der Waals surface area contributed by atoms with Crippen molar-refractivity contribution in [2.45, 2.75) is 46.1 Å². The van der Waals surface area contributed by atoms with Gasteiger partial charge in [0.1, 0.15) is 11.5 Å². The van der Waals surface area contributed by atoms with Crippen LogP contribution in [-0.4, -0.2) is 29.9 Å². The molecule has 0 atom stereocenters. The highest BCUT2D eigenvalue weighted by Crippen LogP contribution is 2.29. The standard InChI is InChI=1S/C14H22N2O2/c1-9-10(2)18-11(3)13(9)14(17)16(8-7-15)12-5-4-6-12/h12H,4-8,15H2,1-3H3. The number of rotatable bonds is 4. The number of hydrogen-bond acceptors (Lipinski definition) is 3. The van der Waals surface area contributed by atoms with Crippen molar-refractivity contribution in [3.8, 4) is 0 Å². The van der Waals surface area contributed by atoms with Crippen molar-refractivity contribution in [1.82, 2.24) is 4.90 Å². The first-order valence-electron chi connectivity index (χ1n) is 6.64. The summed E-state index contributed by atoms with van der Waals surface area (Å²) >= 11 is 0. The predicted molar refractivity (Wildman–Crippen MR) is 70.6 cm³/mol. The van der Waals surface area contributed by atoms with Gasteiger partial charge in [-0.25, -0.2) is 0 Å². The summed E-state index contributed by atoms with van der Waals surface area (Å²) < 4.78 is 5.55. The Morgan fingerprint density at radius 3 is 2.39 bits per heavy atom. The van der Waals surface area contributed by atoms with Crippen molar-refractivity contribution in [3.05, 3.63) is 22.6 Å². The lowest BCUT2D eigenvalue weighted by molar-refractivity contribution is 0.0586. The highest BCUT2D eigenvalue weighted by atomic mass is 16.3. The molecule has 0 saturated heterocycles. The van der Waals surface area contributed by atoms with Crippen LogP contribution >= 0.6 is 0 Å². The quantitative estimate of drug-likeness (QED) is 0.890. The van der Waals surface area contributed by atoms with Crippen molar-refractivity contribution in [3.63, 3.8) is 0 Å². The lowest BCUT2D eigenvalue weighted by Gasteiger charge is -2.37. The Morgan fingerprint density at radius 2 is 2.00 bits per heavy atom. The highest BCUT2D eigenvalue weighted by Gasteiger charge is 2.31. The Labute approximate surface area is 108 Å². The third-order valence-corrected chi connectivity index (χ3v) is 3.92. The van der Waals surface area contributed by atoms with Crippen LogP contribution in [0.15, 0.2) is 4.42 Å². The summed E-state index contributed by atoms with van der Waals surface area (Å²) in [7, 11) is 0. The van der Waals surface area contributed by atoms with Gasteiger partial charge in [-0.3, -0.25) is 4.79 Å². The minimum Gasteiger partial charge on any atom is -0.466 e. The van der Waals surface area contributed by atoms with E-state index in [9.17, 15) is 4.79 Å². The minimum absolute atomic E-state index is 0.0806. The molecule has 1 amide bonds. The van der Waals surface area contributed by atoms with Gasteiger partial charge >= 0.3 is 0 Å². The maximum atomic E-state index is 12.6. The van der Waals surface area contributed by atoms with E-state index in [1.54, 1.807) is 0 Å². The molecule has 0 radical (unpaired) electrons. The molecule has 1 fully saturated rings. The number of carbonyl (C=O) groups excluding carboxylic acids is 1. The van der Waals surface area contributed by atoms with E-state index in [4.69, 9.17) is 10.2 Å². The van der Waals surface area contributed by atoms with Crippen LogP contribution in [0, 0.1) is 20.8 Å². The van der Waals surface area contributed by atoms with E-state index in [1.165, 1.54) is 6.42 Å². The zero-order valence-electron chi connectivity index (χ0n) is 11.5. The molecular formula is C14H22N2O2. The third-order valence-electron chi connectivity index (χ3n) is 3.92. The SMILES string of the molecule is Cc1oc(C)c(C(=O)N(CCN)C2CCC2)c1C. The summed E-state index contributed by atoms with van der Waals surface area (Å²) in [6.07, 6.45) is 3.41. The average Bonchev–Trinajstić information content (AvgIpc) is 2.49. The largest absolute Gasteiger partial charge is 0.466 e. The molecule has 0 spiro atoms. The van der Waals surface area contributed by atoms with Crippen molar-refractivity contribution in [1.29, 1.82) is 0 Å². The van der Waals surface area contributed by atoms with E-state index in [-0.39, 0.29) is 5.91 Å². The van der Waals surface area contributed by atoms with E-state index in [0.717, 1.165) is 35.5 Å².